The summed E-state index contributed by atoms with van der Waals surface area (Å²) in [5, 5.41) is 10.1. The fraction of sp³-hybridized carbons (Fsp3) is 0.471. The molecule has 0 radical (unpaired) electrons. The average molecular weight is 391 g/mol. The predicted molar refractivity (Wildman–Crippen MR) is 98.0 cm³/mol. The van der Waals surface area contributed by atoms with E-state index in [9.17, 15) is 13.2 Å². The molecule has 9 nitrogen and oxygen atoms in total. The summed E-state index contributed by atoms with van der Waals surface area (Å²) in [5.41, 5.74) is 1.07. The number of methoxy groups -OCH3 is 1. The van der Waals surface area contributed by atoms with Gasteiger partial charge in [0, 0.05) is 26.1 Å². The molecule has 0 bridgehead atoms. The van der Waals surface area contributed by atoms with Crippen molar-refractivity contribution in [2.45, 2.75) is 17.9 Å². The molecule has 0 saturated carbocycles. The van der Waals surface area contributed by atoms with Crippen molar-refractivity contribution in [1.29, 1.82) is 0 Å². The lowest BCUT2D eigenvalue weighted by Crippen LogP contribution is -2.36. The zero-order valence-electron chi connectivity index (χ0n) is 14.9. The minimum atomic E-state index is -3.23. The lowest BCUT2D eigenvalue weighted by molar-refractivity contribution is 0.0825. The van der Waals surface area contributed by atoms with Crippen molar-refractivity contribution < 1.29 is 17.9 Å². The van der Waals surface area contributed by atoms with Crippen LogP contribution in [0.5, 0.6) is 0 Å². The van der Waals surface area contributed by atoms with Crippen LogP contribution >= 0.6 is 0 Å². The van der Waals surface area contributed by atoms with E-state index in [2.05, 4.69) is 15.6 Å². The normalized spacial score (nSPS) is 26.1. The molecule has 2 fully saturated rings. The minimum Gasteiger partial charge on any atom is -0.380 e. The molecule has 10 heteroatoms. The number of aromatic nitrogens is 3. The number of carbonyl (C=O) groups is 1. The molecule has 27 heavy (non-hydrogen) atoms. The zero-order valence-corrected chi connectivity index (χ0v) is 15.7. The van der Waals surface area contributed by atoms with Crippen molar-refractivity contribution >= 4 is 21.7 Å². The number of nitrogens with zero attached hydrogens (tertiary/aromatic N) is 4. The van der Waals surface area contributed by atoms with E-state index in [4.69, 9.17) is 4.74 Å². The molecule has 3 heterocycles. The van der Waals surface area contributed by atoms with Crippen molar-refractivity contribution in [2.24, 2.45) is 5.92 Å². The fourth-order valence-electron chi connectivity index (χ4n) is 3.81. The van der Waals surface area contributed by atoms with E-state index >= 15 is 0 Å². The highest BCUT2D eigenvalue weighted by molar-refractivity contribution is 7.92. The van der Waals surface area contributed by atoms with Crippen molar-refractivity contribution in [2.75, 3.05) is 31.3 Å². The maximum absolute atomic E-state index is 12.5. The molecule has 1 aromatic carbocycles. The van der Waals surface area contributed by atoms with Gasteiger partial charge in [-0.2, -0.15) is 0 Å². The van der Waals surface area contributed by atoms with Gasteiger partial charge in [0.1, 0.15) is 0 Å². The van der Waals surface area contributed by atoms with Crippen molar-refractivity contribution in [1.82, 2.24) is 19.9 Å². The van der Waals surface area contributed by atoms with E-state index in [1.165, 1.54) is 12.0 Å². The van der Waals surface area contributed by atoms with Gasteiger partial charge < -0.3 is 9.64 Å². The van der Waals surface area contributed by atoms with Crippen molar-refractivity contribution in [3.8, 4) is 0 Å². The second-order valence-corrected chi connectivity index (χ2v) is 9.19. The number of benzene rings is 1. The lowest BCUT2D eigenvalue weighted by atomic mass is 10.0. The second kappa shape index (κ2) is 6.93. The standard InChI is InChI=1S/C17H21N5O4S/c1-26-14-11-27(24,25)15-9-21(8-13(14)15)17(23)18-16-10-22(20-19-16)7-12-5-3-2-4-6-12/h2-6,10,13-15H,7-9,11H2,1H3,(H,18,23)/t13-,14+,15-/m0/s1. The first-order valence-electron chi connectivity index (χ1n) is 8.70. The molecule has 1 N–H and O–H groups in total. The SMILES string of the molecule is CO[C@@H]1CS(=O)(=O)[C@H]2CN(C(=O)Nc3cn(Cc4ccccc4)nn3)C[C@@H]12. The summed E-state index contributed by atoms with van der Waals surface area (Å²) in [6.45, 7) is 1.08. The van der Waals surface area contributed by atoms with Gasteiger partial charge in [-0.25, -0.2) is 17.9 Å². The summed E-state index contributed by atoms with van der Waals surface area (Å²) in [7, 11) is -1.72. The fourth-order valence-corrected chi connectivity index (χ4v) is 6.10. The molecule has 3 atom stereocenters. The number of fused-ring (bicyclic) bond motifs is 1. The van der Waals surface area contributed by atoms with E-state index in [1.807, 2.05) is 30.3 Å². The van der Waals surface area contributed by atoms with E-state index in [0.29, 0.717) is 18.9 Å². The Hall–Kier alpha value is -2.46. The molecule has 2 amide bonds. The second-order valence-electron chi connectivity index (χ2n) is 6.93. The summed E-state index contributed by atoms with van der Waals surface area (Å²) in [4.78, 5) is 14.0. The van der Waals surface area contributed by atoms with Gasteiger partial charge in [0.25, 0.3) is 0 Å². The number of hydrogen-bond acceptors (Lipinski definition) is 6. The molecule has 2 aliphatic heterocycles. The lowest BCUT2D eigenvalue weighted by Gasteiger charge is -2.19. The Kier molecular flexibility index (Phi) is 4.60. The van der Waals surface area contributed by atoms with E-state index in [1.54, 1.807) is 10.9 Å². The smallest absolute Gasteiger partial charge is 0.323 e. The minimum absolute atomic E-state index is 0.0299. The highest BCUT2D eigenvalue weighted by Gasteiger charge is 2.53. The Morgan fingerprint density at radius 1 is 1.30 bits per heavy atom. The Morgan fingerprint density at radius 3 is 2.81 bits per heavy atom. The molecule has 0 unspecified atom stereocenters. The van der Waals surface area contributed by atoms with Crippen LogP contribution in [0.4, 0.5) is 10.6 Å². The largest absolute Gasteiger partial charge is 0.380 e. The van der Waals surface area contributed by atoms with Crippen LogP contribution in [0, 0.1) is 5.92 Å². The first-order chi connectivity index (χ1) is 13.0. The van der Waals surface area contributed by atoms with Crippen molar-refractivity contribution in [3.05, 3.63) is 42.1 Å². The number of likely N-dealkylation sites (tertiary alicyclic amines) is 1. The van der Waals surface area contributed by atoms with E-state index < -0.39 is 15.1 Å². The van der Waals surface area contributed by atoms with Gasteiger partial charge in [0.2, 0.25) is 0 Å². The quantitative estimate of drug-likeness (QED) is 0.818. The number of sulfone groups is 1. The van der Waals surface area contributed by atoms with Crippen LogP contribution in [0.15, 0.2) is 36.5 Å². The monoisotopic (exact) mass is 391 g/mol. The van der Waals surface area contributed by atoms with Gasteiger partial charge in [-0.05, 0) is 5.56 Å². The molecular weight excluding hydrogens is 370 g/mol. The molecule has 144 valence electrons. The first-order valence-corrected chi connectivity index (χ1v) is 10.4. The Balaban J connectivity index is 1.39. The molecule has 0 spiro atoms. The number of anilines is 1. The predicted octanol–water partition coefficient (Wildman–Crippen LogP) is 0.602. The number of hydrogen-bond donors (Lipinski definition) is 1. The van der Waals surface area contributed by atoms with Crippen LogP contribution in [-0.2, 0) is 21.1 Å². The summed E-state index contributed by atoms with van der Waals surface area (Å²) in [5.74, 6) is 0.181. The van der Waals surface area contributed by atoms with Crippen LogP contribution in [0.25, 0.3) is 0 Å². The van der Waals surface area contributed by atoms with Crippen LogP contribution in [0.1, 0.15) is 5.56 Å². The zero-order chi connectivity index (χ0) is 19.0. The molecule has 1 aromatic heterocycles. The third-order valence-corrected chi connectivity index (χ3v) is 7.41. The maximum atomic E-state index is 12.5. The van der Waals surface area contributed by atoms with Gasteiger partial charge in [-0.1, -0.05) is 35.5 Å². The van der Waals surface area contributed by atoms with Crippen molar-refractivity contribution in [3.63, 3.8) is 0 Å². The average Bonchev–Trinajstić information content (AvgIpc) is 3.33. The first kappa shape index (κ1) is 17.9. The Morgan fingerprint density at radius 2 is 2.07 bits per heavy atom. The summed E-state index contributed by atoms with van der Waals surface area (Å²) in [6.07, 6.45) is 1.29. The Labute approximate surface area is 157 Å². The molecule has 2 aromatic rings. The summed E-state index contributed by atoms with van der Waals surface area (Å²) in [6, 6.07) is 9.42. The number of rotatable bonds is 4. The van der Waals surface area contributed by atoms with Crippen LogP contribution < -0.4 is 5.32 Å². The molecule has 2 saturated heterocycles. The molecule has 0 aliphatic carbocycles. The highest BCUT2D eigenvalue weighted by atomic mass is 32.2. The molecule has 4 rings (SSSR count). The maximum Gasteiger partial charge on any atom is 0.323 e. The third-order valence-electron chi connectivity index (χ3n) is 5.20. The summed E-state index contributed by atoms with van der Waals surface area (Å²) < 4.78 is 31.4. The van der Waals surface area contributed by atoms with E-state index in [0.717, 1.165) is 5.56 Å². The number of nitrogens with one attached hydrogen (secondary N) is 1. The van der Waals surface area contributed by atoms with Gasteiger partial charge in [-0.3, -0.25) is 5.32 Å². The third kappa shape index (κ3) is 3.54. The van der Waals surface area contributed by atoms with Gasteiger partial charge in [0.05, 0.1) is 29.8 Å². The summed E-state index contributed by atoms with van der Waals surface area (Å²) >= 11 is 0. The number of amides is 2. The number of carbonyl (C=O) groups excluding carboxylic acids is 1. The van der Waals surface area contributed by atoms with Gasteiger partial charge >= 0.3 is 6.03 Å². The van der Waals surface area contributed by atoms with Crippen LogP contribution in [-0.4, -0.2) is 71.6 Å². The topological polar surface area (TPSA) is 106 Å². The van der Waals surface area contributed by atoms with E-state index in [-0.39, 0.29) is 30.4 Å². The van der Waals surface area contributed by atoms with Crippen LogP contribution in [0.2, 0.25) is 0 Å². The van der Waals surface area contributed by atoms with Gasteiger partial charge in [-0.15, -0.1) is 5.10 Å². The number of ether oxygens (including phenoxy) is 1. The van der Waals surface area contributed by atoms with Crippen LogP contribution in [0.3, 0.4) is 0 Å². The molecule has 2 aliphatic rings. The van der Waals surface area contributed by atoms with Gasteiger partial charge in [0.15, 0.2) is 15.7 Å². The Bertz CT molecular complexity index is 930. The molecular formula is C17H21N5O4S. The highest BCUT2D eigenvalue weighted by Crippen LogP contribution is 2.35. The number of urea groups is 1.